The van der Waals surface area contributed by atoms with Crippen LogP contribution < -0.4 is 0 Å². The monoisotopic (exact) mass is 444 g/mol. The molecule has 6 heteroatoms. The summed E-state index contributed by atoms with van der Waals surface area (Å²) in [5.74, 6) is 0. The topological polar surface area (TPSA) is 121 Å². The van der Waals surface area contributed by atoms with Crippen LogP contribution in [0.2, 0.25) is 0 Å². The first-order valence-electron chi connectivity index (χ1n) is 10.4. The molecule has 6 N–H and O–H groups in total. The van der Waals surface area contributed by atoms with Crippen LogP contribution in [0.5, 0.6) is 0 Å². The van der Waals surface area contributed by atoms with Crippen molar-refractivity contribution < 1.29 is 30.6 Å². The number of hydrogen-bond donors (Lipinski definition) is 6. The number of benzene rings is 4. The van der Waals surface area contributed by atoms with E-state index < -0.39 is 18.9 Å². The molecule has 0 aromatic heterocycles. The number of aliphatic hydroxyl groups is 6. The van der Waals surface area contributed by atoms with Crippen molar-refractivity contribution in [2.75, 3.05) is 0 Å². The molecule has 0 bridgehead atoms. The molecule has 0 aliphatic rings. The largest absolute Gasteiger partial charge is 0.364 e. The van der Waals surface area contributed by atoms with Crippen LogP contribution in [0.1, 0.15) is 35.6 Å². The zero-order chi connectivity index (χ0) is 23.5. The minimum absolute atomic E-state index is 0.395. The summed E-state index contributed by atoms with van der Waals surface area (Å²) in [5, 5.41) is 56.3. The van der Waals surface area contributed by atoms with Gasteiger partial charge in [-0.25, -0.2) is 0 Å². The minimum Gasteiger partial charge on any atom is -0.364 e. The maximum absolute atomic E-state index is 9.38. The van der Waals surface area contributed by atoms with E-state index in [9.17, 15) is 30.6 Å². The molecule has 0 saturated heterocycles. The van der Waals surface area contributed by atoms with Crippen molar-refractivity contribution in [3.8, 4) is 33.4 Å². The average molecular weight is 444 g/mol. The van der Waals surface area contributed by atoms with Crippen LogP contribution >= 0.6 is 0 Å². The first-order valence-corrected chi connectivity index (χ1v) is 10.4. The Labute approximate surface area is 190 Å². The maximum atomic E-state index is 9.38. The van der Waals surface area contributed by atoms with E-state index in [4.69, 9.17) is 0 Å². The van der Waals surface area contributed by atoms with Gasteiger partial charge in [0.2, 0.25) is 0 Å². The summed E-state index contributed by atoms with van der Waals surface area (Å²) < 4.78 is 0. The van der Waals surface area contributed by atoms with E-state index in [1.807, 2.05) is 54.6 Å². The van der Waals surface area contributed by atoms with Gasteiger partial charge >= 0.3 is 0 Å². The van der Waals surface area contributed by atoms with Gasteiger partial charge in [0, 0.05) is 16.7 Å². The Kier molecular flexibility index (Phi) is 6.67. The summed E-state index contributed by atoms with van der Waals surface area (Å²) in [7, 11) is 0. The van der Waals surface area contributed by atoms with E-state index in [1.54, 1.807) is 36.4 Å². The molecular weight excluding hydrogens is 420 g/mol. The minimum atomic E-state index is -1.54. The van der Waals surface area contributed by atoms with Gasteiger partial charge in [0.1, 0.15) is 0 Å². The van der Waals surface area contributed by atoms with Crippen molar-refractivity contribution in [3.63, 3.8) is 0 Å². The molecule has 4 aromatic carbocycles. The Morgan fingerprint density at radius 1 is 0.303 bits per heavy atom. The molecule has 0 radical (unpaired) electrons. The van der Waals surface area contributed by atoms with Gasteiger partial charge in [-0.3, -0.25) is 0 Å². The van der Waals surface area contributed by atoms with Gasteiger partial charge in [0.25, 0.3) is 0 Å². The molecule has 4 rings (SSSR count). The highest BCUT2D eigenvalue weighted by molar-refractivity contribution is 5.81. The van der Waals surface area contributed by atoms with Crippen molar-refractivity contribution in [2.24, 2.45) is 0 Å². The summed E-state index contributed by atoms with van der Waals surface area (Å²) in [6.45, 7) is 0. The van der Waals surface area contributed by atoms with E-state index in [0.717, 1.165) is 33.4 Å². The number of aliphatic hydroxyl groups excluding tert-OH is 3. The molecule has 0 spiro atoms. The fourth-order valence-electron chi connectivity index (χ4n) is 3.67. The third kappa shape index (κ3) is 5.18. The van der Waals surface area contributed by atoms with Crippen LogP contribution in [0.4, 0.5) is 0 Å². The van der Waals surface area contributed by atoms with E-state index in [-0.39, 0.29) is 0 Å². The summed E-state index contributed by atoms with van der Waals surface area (Å²) >= 11 is 0. The van der Waals surface area contributed by atoms with Gasteiger partial charge in [-0.15, -0.1) is 0 Å². The first kappa shape index (κ1) is 22.8. The number of rotatable bonds is 6. The van der Waals surface area contributed by atoms with Crippen LogP contribution in [-0.2, 0) is 0 Å². The van der Waals surface area contributed by atoms with Crippen LogP contribution in [0, 0.1) is 0 Å². The van der Waals surface area contributed by atoms with E-state index in [1.165, 1.54) is 0 Å². The SMILES string of the molecule is OC(O)c1ccc(-c2cc(-c3ccc(C(O)O)cc3)cc(-c3ccc(C(O)O)cc3)c2)cc1. The predicted octanol–water partition coefficient (Wildman–Crippen LogP) is 3.64. The quantitative estimate of drug-likeness (QED) is 0.253. The maximum Gasteiger partial charge on any atom is 0.178 e. The van der Waals surface area contributed by atoms with Crippen molar-refractivity contribution >= 4 is 0 Å². The molecule has 0 amide bonds. The highest BCUT2D eigenvalue weighted by atomic mass is 16.5. The zero-order valence-electron chi connectivity index (χ0n) is 17.6. The van der Waals surface area contributed by atoms with Gasteiger partial charge < -0.3 is 30.6 Å². The third-order valence-electron chi connectivity index (χ3n) is 5.56. The lowest BCUT2D eigenvalue weighted by Crippen LogP contribution is -1.95. The Balaban J connectivity index is 1.81. The van der Waals surface area contributed by atoms with Gasteiger partial charge in [-0.2, -0.15) is 0 Å². The van der Waals surface area contributed by atoms with Crippen molar-refractivity contribution in [2.45, 2.75) is 18.9 Å². The summed E-state index contributed by atoms with van der Waals surface area (Å²) in [6, 6.07) is 26.8. The van der Waals surface area contributed by atoms with E-state index in [0.29, 0.717) is 16.7 Å². The molecular formula is C27H24O6. The van der Waals surface area contributed by atoms with Crippen molar-refractivity contribution in [1.82, 2.24) is 0 Å². The molecule has 0 atom stereocenters. The molecule has 0 unspecified atom stereocenters. The normalized spacial score (nSPS) is 11.5. The zero-order valence-corrected chi connectivity index (χ0v) is 17.6. The average Bonchev–Trinajstić information content (AvgIpc) is 2.84. The molecule has 0 fully saturated rings. The lowest BCUT2D eigenvalue weighted by atomic mass is 9.92. The fourth-order valence-corrected chi connectivity index (χ4v) is 3.67. The Morgan fingerprint density at radius 3 is 0.697 bits per heavy atom. The number of hydrogen-bond acceptors (Lipinski definition) is 6. The lowest BCUT2D eigenvalue weighted by Gasteiger charge is -2.13. The third-order valence-corrected chi connectivity index (χ3v) is 5.56. The molecule has 0 aliphatic heterocycles. The Bertz CT molecular complexity index is 1040. The highest BCUT2D eigenvalue weighted by Gasteiger charge is 2.11. The lowest BCUT2D eigenvalue weighted by molar-refractivity contribution is -0.0430. The molecule has 0 heterocycles. The van der Waals surface area contributed by atoms with Crippen LogP contribution in [0.15, 0.2) is 91.0 Å². The smallest absolute Gasteiger partial charge is 0.178 e. The van der Waals surface area contributed by atoms with Gasteiger partial charge in [0.15, 0.2) is 18.9 Å². The van der Waals surface area contributed by atoms with Crippen molar-refractivity contribution in [1.29, 1.82) is 0 Å². The van der Waals surface area contributed by atoms with Gasteiger partial charge in [-0.05, 0) is 51.6 Å². The second kappa shape index (κ2) is 9.64. The van der Waals surface area contributed by atoms with Crippen LogP contribution in [0.25, 0.3) is 33.4 Å². The second-order valence-corrected chi connectivity index (χ2v) is 7.79. The molecule has 33 heavy (non-hydrogen) atoms. The second-order valence-electron chi connectivity index (χ2n) is 7.79. The molecule has 0 saturated carbocycles. The summed E-state index contributed by atoms with van der Waals surface area (Å²) in [5.41, 5.74) is 6.54. The molecule has 0 aliphatic carbocycles. The van der Waals surface area contributed by atoms with Crippen LogP contribution in [-0.4, -0.2) is 30.6 Å². The summed E-state index contributed by atoms with van der Waals surface area (Å²) in [6.07, 6.45) is -4.62. The molecule has 6 nitrogen and oxygen atoms in total. The standard InChI is InChI=1S/C27H24O6/c28-25(29)19-7-1-16(2-8-19)22-13-23(17-3-9-20(10-4-17)26(30)31)15-24(14-22)18-5-11-21(12-6-18)27(32)33/h1-15,25-33H. The molecule has 4 aromatic rings. The van der Waals surface area contributed by atoms with Gasteiger partial charge in [-0.1, -0.05) is 72.8 Å². The van der Waals surface area contributed by atoms with E-state index in [2.05, 4.69) is 0 Å². The first-order chi connectivity index (χ1) is 15.8. The molecule has 168 valence electrons. The Hall–Kier alpha value is -3.36. The van der Waals surface area contributed by atoms with Crippen LogP contribution in [0.3, 0.4) is 0 Å². The van der Waals surface area contributed by atoms with Gasteiger partial charge in [0.05, 0.1) is 0 Å². The van der Waals surface area contributed by atoms with Crippen molar-refractivity contribution in [3.05, 3.63) is 108 Å². The highest BCUT2D eigenvalue weighted by Crippen LogP contribution is 2.34. The predicted molar refractivity (Wildman–Crippen MR) is 124 cm³/mol. The van der Waals surface area contributed by atoms with E-state index >= 15 is 0 Å². The fraction of sp³-hybridized carbons (Fsp3) is 0.111. The Morgan fingerprint density at radius 2 is 0.515 bits per heavy atom. The summed E-state index contributed by atoms with van der Waals surface area (Å²) in [4.78, 5) is 0.